The van der Waals surface area contributed by atoms with Crippen molar-refractivity contribution in [2.45, 2.75) is 70.2 Å². The number of aryl methyl sites for hydroxylation is 1. The van der Waals surface area contributed by atoms with Gasteiger partial charge in [0.25, 0.3) is 0 Å². The average molecular weight is 789 g/mol. The van der Waals surface area contributed by atoms with Gasteiger partial charge in [0.1, 0.15) is 52.9 Å². The van der Waals surface area contributed by atoms with Gasteiger partial charge >= 0.3 is 12.0 Å². The quantitative estimate of drug-likeness (QED) is 0.179. The van der Waals surface area contributed by atoms with Crippen molar-refractivity contribution in [1.82, 2.24) is 29.3 Å². The summed E-state index contributed by atoms with van der Waals surface area (Å²) in [7, 11) is 0. The molecule has 5 aromatic rings. The van der Waals surface area contributed by atoms with Crippen molar-refractivity contribution >= 4 is 60.8 Å². The second kappa shape index (κ2) is 13.8. The summed E-state index contributed by atoms with van der Waals surface area (Å²) in [6, 6.07) is 7.00. The van der Waals surface area contributed by atoms with E-state index in [0.717, 1.165) is 30.7 Å². The molecule has 0 bridgehead atoms. The number of carbonyl (C=O) groups excluding carboxylic acids is 1. The van der Waals surface area contributed by atoms with Crippen molar-refractivity contribution < 1.29 is 22.7 Å². The summed E-state index contributed by atoms with van der Waals surface area (Å²) in [4.78, 5) is 33.1. The zero-order chi connectivity index (χ0) is 38.9. The number of nitrogen functional groups attached to an aromatic ring is 1. The highest BCUT2D eigenvalue weighted by atomic mass is 35.5. The molecule has 0 spiro atoms. The van der Waals surface area contributed by atoms with E-state index in [9.17, 15) is 19.7 Å². The first-order valence-corrected chi connectivity index (χ1v) is 19.2. The Morgan fingerprint density at radius 3 is 2.75 bits per heavy atom. The van der Waals surface area contributed by atoms with Gasteiger partial charge in [-0.05, 0) is 64.3 Å². The Bertz CT molecular complexity index is 2480. The molecule has 3 saturated heterocycles. The van der Waals surface area contributed by atoms with E-state index in [4.69, 9.17) is 27.1 Å². The molecule has 12 nitrogen and oxygen atoms in total. The van der Waals surface area contributed by atoms with Gasteiger partial charge in [0.15, 0.2) is 11.5 Å². The minimum absolute atomic E-state index is 0.0155. The van der Waals surface area contributed by atoms with Crippen LogP contribution in [0, 0.1) is 41.2 Å². The molecule has 1 amide bonds. The molecular formula is C38H36ClF3N10O2S. The van der Waals surface area contributed by atoms with E-state index in [-0.39, 0.29) is 84.1 Å². The number of nitrogens with zero attached hydrogens (tertiary/aromatic N) is 9. The molecule has 6 heterocycles. The second-order valence-electron chi connectivity index (χ2n) is 14.4. The van der Waals surface area contributed by atoms with Crippen LogP contribution in [0.5, 0.6) is 6.01 Å². The van der Waals surface area contributed by atoms with Crippen LogP contribution in [0.1, 0.15) is 56.6 Å². The molecule has 0 unspecified atom stereocenters. The van der Waals surface area contributed by atoms with Gasteiger partial charge in [-0.25, -0.2) is 22.9 Å². The summed E-state index contributed by atoms with van der Waals surface area (Å²) in [5.41, 5.74) is 5.68. The monoisotopic (exact) mass is 788 g/mol. The molecule has 17 heteroatoms. The van der Waals surface area contributed by atoms with Crippen molar-refractivity contribution in [2.75, 3.05) is 43.4 Å². The highest BCUT2D eigenvalue weighted by molar-refractivity contribution is 7.23. The Labute approximate surface area is 323 Å². The third kappa shape index (κ3) is 5.89. The summed E-state index contributed by atoms with van der Waals surface area (Å²) in [6.45, 7) is 7.46. The number of nitriles is 2. The highest BCUT2D eigenvalue weighted by Gasteiger charge is 2.49. The number of halogens is 4. The van der Waals surface area contributed by atoms with Crippen molar-refractivity contribution in [3.63, 3.8) is 0 Å². The Kier molecular flexibility index (Phi) is 9.27. The molecule has 284 valence electrons. The smallest absolute Gasteiger partial charge is 0.329 e. The Morgan fingerprint density at radius 1 is 1.22 bits per heavy atom. The lowest BCUT2D eigenvalue weighted by Crippen LogP contribution is -2.47. The van der Waals surface area contributed by atoms with Crippen LogP contribution in [0.15, 0.2) is 24.4 Å². The number of ether oxygens (including phenoxy) is 1. The molecule has 4 atom stereocenters. The van der Waals surface area contributed by atoms with Crippen LogP contribution >= 0.6 is 22.9 Å². The van der Waals surface area contributed by atoms with Crippen molar-refractivity contribution in [3.05, 3.63) is 58.1 Å². The number of likely N-dealkylation sites (tertiary alicyclic amines) is 1. The minimum atomic E-state index is -0.987. The van der Waals surface area contributed by atoms with Gasteiger partial charge in [0.2, 0.25) is 0 Å². The number of aromatic nitrogens is 4. The van der Waals surface area contributed by atoms with E-state index >= 15 is 8.78 Å². The summed E-state index contributed by atoms with van der Waals surface area (Å²) in [6.07, 6.45) is 2.91. The number of thiophene rings is 1. The van der Waals surface area contributed by atoms with E-state index in [1.165, 1.54) is 22.9 Å². The van der Waals surface area contributed by atoms with Crippen LogP contribution in [-0.2, 0) is 0 Å². The number of alkyl halides is 1. The van der Waals surface area contributed by atoms with Crippen LogP contribution in [0.3, 0.4) is 0 Å². The van der Waals surface area contributed by atoms with Crippen molar-refractivity contribution in [3.8, 4) is 29.3 Å². The third-order valence-electron chi connectivity index (χ3n) is 11.4. The van der Waals surface area contributed by atoms with Gasteiger partial charge in [-0.1, -0.05) is 17.7 Å². The number of imidazole rings is 1. The van der Waals surface area contributed by atoms with Gasteiger partial charge in [-0.2, -0.15) is 20.5 Å². The van der Waals surface area contributed by atoms with Crippen LogP contribution < -0.4 is 15.4 Å². The summed E-state index contributed by atoms with van der Waals surface area (Å²) in [5, 5.41) is 19.8. The number of hydrogen-bond donors (Lipinski definition) is 1. The number of amides is 1. The first kappa shape index (κ1) is 36.8. The van der Waals surface area contributed by atoms with Crippen LogP contribution in [0.25, 0.3) is 32.1 Å². The minimum Gasteiger partial charge on any atom is -0.461 e. The third-order valence-corrected chi connectivity index (χ3v) is 12.8. The fraction of sp³-hybridized carbons (Fsp3) is 0.421. The molecule has 0 aliphatic carbocycles. The number of hydrogen-bond acceptors (Lipinski definition) is 11. The Balaban J connectivity index is 1.25. The number of anilines is 2. The topological polar surface area (TPSA) is 153 Å². The lowest BCUT2D eigenvalue weighted by Gasteiger charge is -2.35. The van der Waals surface area contributed by atoms with Gasteiger partial charge in [-0.15, -0.1) is 11.3 Å². The zero-order valence-electron chi connectivity index (χ0n) is 30.2. The predicted octanol–water partition coefficient (Wildman–Crippen LogP) is 7.19. The van der Waals surface area contributed by atoms with Crippen molar-refractivity contribution in [2.24, 2.45) is 0 Å². The summed E-state index contributed by atoms with van der Waals surface area (Å²) >= 11 is 7.83. The molecular weight excluding hydrogens is 753 g/mol. The number of fused-ring (bicyclic) bond motifs is 3. The number of carbonyl (C=O) groups is 1. The van der Waals surface area contributed by atoms with Crippen LogP contribution in [0.2, 0.25) is 5.02 Å². The fourth-order valence-electron chi connectivity index (χ4n) is 8.86. The molecule has 0 radical (unpaired) electrons. The van der Waals surface area contributed by atoms with E-state index < -0.39 is 23.3 Å². The number of rotatable bonds is 7. The molecule has 3 fully saturated rings. The van der Waals surface area contributed by atoms with E-state index in [2.05, 4.69) is 14.9 Å². The van der Waals surface area contributed by atoms with Crippen LogP contribution in [0.4, 0.5) is 28.8 Å². The van der Waals surface area contributed by atoms with Gasteiger partial charge in [0.05, 0.1) is 39.1 Å². The highest BCUT2D eigenvalue weighted by Crippen LogP contribution is 2.46. The number of benzene rings is 2. The maximum atomic E-state index is 17.3. The number of likely N-dealkylation sites (N-methyl/N-ethyl adjacent to an activating group) is 1. The van der Waals surface area contributed by atoms with E-state index in [0.29, 0.717) is 44.1 Å². The molecule has 3 aromatic heterocycles. The summed E-state index contributed by atoms with van der Waals surface area (Å²) < 4.78 is 54.8. The van der Waals surface area contributed by atoms with Gasteiger partial charge < -0.3 is 20.3 Å². The van der Waals surface area contributed by atoms with Crippen LogP contribution in [-0.4, -0.2) is 91.9 Å². The molecule has 3 aliphatic rings. The molecule has 2 N–H and O–H groups in total. The lowest BCUT2D eigenvalue weighted by molar-refractivity contribution is 0.107. The molecule has 55 heavy (non-hydrogen) atoms. The molecule has 0 saturated carbocycles. The SMILES string of the molecule is CCN(c1nc(OC[C@@]23CCCN2C[C@H](F)C3)nc2c(F)c(-c3ccc(F)c4sc(N)c(C#N)c34)c(Cl)cc12)[C@@H]1CCN(C(=O)n2cc(C#N)nc2C)[C@@H]1C. The maximum Gasteiger partial charge on any atom is 0.329 e. The second-order valence-corrected chi connectivity index (χ2v) is 15.9. The maximum absolute atomic E-state index is 17.3. The Morgan fingerprint density at radius 2 is 2.02 bits per heavy atom. The normalized spacial score (nSPS) is 22.3. The largest absolute Gasteiger partial charge is 0.461 e. The lowest BCUT2D eigenvalue weighted by atomic mass is 9.95. The predicted molar refractivity (Wildman–Crippen MR) is 203 cm³/mol. The molecule has 8 rings (SSSR count). The standard InChI is InChI=1S/C38H36ClF3N10O2S/c1-4-50(28-8-11-51(19(28)2)37(53)52-17-22(14-43)46-20(52)3)35-24-12-26(39)30(23-6-7-27(41)33-29(23)25(15-44)34(45)55-33)31(42)32(24)47-36(48-35)54-18-38-9-5-10-49(38)16-21(40)13-38/h6-7,12,17,19,21,28H,4-5,8-11,13,16,18,45H2,1-3H3/t19-,21-,28-,38+/m1/s1. The zero-order valence-corrected chi connectivity index (χ0v) is 31.8. The molecule has 3 aliphatic heterocycles. The van der Waals surface area contributed by atoms with E-state index in [1.807, 2.05) is 30.9 Å². The Hall–Kier alpha value is -5.16. The van der Waals surface area contributed by atoms with Gasteiger partial charge in [0, 0.05) is 42.4 Å². The fourth-order valence-corrected chi connectivity index (χ4v) is 10.1. The molecule has 2 aromatic carbocycles. The average Bonchev–Trinajstić information content (AvgIpc) is 3.97. The van der Waals surface area contributed by atoms with E-state index in [1.54, 1.807) is 17.9 Å². The van der Waals surface area contributed by atoms with Gasteiger partial charge in [-0.3, -0.25) is 9.47 Å². The summed E-state index contributed by atoms with van der Waals surface area (Å²) in [5.74, 6) is -0.730. The number of nitrogens with two attached hydrogens (primary N) is 1. The first-order valence-electron chi connectivity index (χ1n) is 18.1. The van der Waals surface area contributed by atoms with Crippen molar-refractivity contribution in [1.29, 1.82) is 10.5 Å². The first-order chi connectivity index (χ1) is 26.4.